The predicted octanol–water partition coefficient (Wildman–Crippen LogP) is 1.43. The van der Waals surface area contributed by atoms with Crippen LogP contribution in [0.1, 0.15) is 23.7 Å². The van der Waals surface area contributed by atoms with Crippen molar-refractivity contribution < 1.29 is 9.26 Å². The van der Waals surface area contributed by atoms with Crippen molar-refractivity contribution in [2.24, 2.45) is 5.73 Å². The van der Waals surface area contributed by atoms with Crippen LogP contribution in [-0.2, 0) is 23.1 Å². The number of rotatable bonds is 4. The summed E-state index contributed by atoms with van der Waals surface area (Å²) >= 11 is 0. The largest absolute Gasteiger partial charge is 0.379 e. The molecule has 0 aliphatic carbocycles. The van der Waals surface area contributed by atoms with Crippen LogP contribution in [0.5, 0.6) is 0 Å². The van der Waals surface area contributed by atoms with Gasteiger partial charge < -0.3 is 15.0 Å². The molecule has 100 valence electrons. The summed E-state index contributed by atoms with van der Waals surface area (Å²) in [5.74, 6) is 1.20. The molecule has 0 saturated carbocycles. The SMILES string of the molecule is NC1(c2nc(CCc3ccccc3)no2)CCOC1. The fourth-order valence-corrected chi connectivity index (χ4v) is 2.21. The number of hydrogen-bond donors (Lipinski definition) is 1. The van der Waals surface area contributed by atoms with Crippen LogP contribution in [0, 0.1) is 0 Å². The fraction of sp³-hybridized carbons (Fsp3) is 0.429. The Morgan fingerprint density at radius 3 is 2.79 bits per heavy atom. The van der Waals surface area contributed by atoms with Gasteiger partial charge in [0.05, 0.1) is 6.61 Å². The van der Waals surface area contributed by atoms with Crippen molar-refractivity contribution in [2.75, 3.05) is 13.2 Å². The Morgan fingerprint density at radius 2 is 2.05 bits per heavy atom. The summed E-state index contributed by atoms with van der Waals surface area (Å²) in [6, 6.07) is 10.3. The molecular formula is C14H17N3O2. The highest BCUT2D eigenvalue weighted by Crippen LogP contribution is 2.26. The van der Waals surface area contributed by atoms with E-state index in [1.807, 2.05) is 18.2 Å². The van der Waals surface area contributed by atoms with Crippen molar-refractivity contribution in [1.82, 2.24) is 10.1 Å². The molecule has 1 aromatic heterocycles. The molecule has 0 spiro atoms. The Morgan fingerprint density at radius 1 is 1.21 bits per heavy atom. The van der Waals surface area contributed by atoms with Gasteiger partial charge in [-0.2, -0.15) is 4.98 Å². The summed E-state index contributed by atoms with van der Waals surface area (Å²) in [7, 11) is 0. The number of hydrogen-bond acceptors (Lipinski definition) is 5. The zero-order valence-electron chi connectivity index (χ0n) is 10.7. The highest BCUT2D eigenvalue weighted by Gasteiger charge is 2.38. The normalized spacial score (nSPS) is 22.8. The predicted molar refractivity (Wildman–Crippen MR) is 69.4 cm³/mol. The van der Waals surface area contributed by atoms with Crippen LogP contribution in [0.15, 0.2) is 34.9 Å². The van der Waals surface area contributed by atoms with Gasteiger partial charge in [0.25, 0.3) is 0 Å². The first-order chi connectivity index (χ1) is 9.26. The third-order valence-electron chi connectivity index (χ3n) is 3.43. The first-order valence-electron chi connectivity index (χ1n) is 6.50. The quantitative estimate of drug-likeness (QED) is 0.899. The maximum atomic E-state index is 6.18. The summed E-state index contributed by atoms with van der Waals surface area (Å²) in [6.07, 6.45) is 2.38. The van der Waals surface area contributed by atoms with Gasteiger partial charge in [0, 0.05) is 13.0 Å². The topological polar surface area (TPSA) is 74.2 Å². The van der Waals surface area contributed by atoms with E-state index in [0.29, 0.717) is 24.9 Å². The van der Waals surface area contributed by atoms with E-state index < -0.39 is 5.54 Å². The summed E-state index contributed by atoms with van der Waals surface area (Å²) in [6.45, 7) is 1.10. The van der Waals surface area contributed by atoms with Gasteiger partial charge in [0.15, 0.2) is 5.82 Å². The lowest BCUT2D eigenvalue weighted by molar-refractivity contribution is 0.166. The molecule has 0 radical (unpaired) electrons. The van der Waals surface area contributed by atoms with Crippen LogP contribution in [0.25, 0.3) is 0 Å². The standard InChI is InChI=1S/C14H17N3O2/c15-14(8-9-18-10-14)13-16-12(17-19-13)7-6-11-4-2-1-3-5-11/h1-5H,6-10,15H2. The molecule has 1 fully saturated rings. The minimum Gasteiger partial charge on any atom is -0.379 e. The van der Waals surface area contributed by atoms with Crippen LogP contribution in [0.4, 0.5) is 0 Å². The molecular weight excluding hydrogens is 242 g/mol. The minimum atomic E-state index is -0.599. The van der Waals surface area contributed by atoms with E-state index in [0.717, 1.165) is 19.3 Å². The number of aryl methyl sites for hydroxylation is 2. The zero-order chi connectivity index (χ0) is 13.1. The third-order valence-corrected chi connectivity index (χ3v) is 3.43. The van der Waals surface area contributed by atoms with Gasteiger partial charge in [-0.1, -0.05) is 35.5 Å². The maximum Gasteiger partial charge on any atom is 0.249 e. The van der Waals surface area contributed by atoms with Crippen molar-refractivity contribution in [3.63, 3.8) is 0 Å². The molecule has 2 N–H and O–H groups in total. The number of ether oxygens (including phenoxy) is 1. The molecule has 3 rings (SSSR count). The van der Waals surface area contributed by atoms with Crippen LogP contribution in [0.2, 0.25) is 0 Å². The summed E-state index contributed by atoms with van der Waals surface area (Å²) in [5, 5.41) is 4.00. The fourth-order valence-electron chi connectivity index (χ4n) is 2.21. The summed E-state index contributed by atoms with van der Waals surface area (Å²) in [4.78, 5) is 4.40. The zero-order valence-corrected chi connectivity index (χ0v) is 10.7. The Bertz CT molecular complexity index is 533. The van der Waals surface area contributed by atoms with Crippen molar-refractivity contribution in [1.29, 1.82) is 0 Å². The van der Waals surface area contributed by atoms with E-state index in [4.69, 9.17) is 15.0 Å². The Hall–Kier alpha value is -1.72. The number of nitrogens with zero attached hydrogens (tertiary/aromatic N) is 2. The summed E-state index contributed by atoms with van der Waals surface area (Å²) < 4.78 is 10.6. The van der Waals surface area contributed by atoms with E-state index in [1.165, 1.54) is 5.56 Å². The molecule has 5 heteroatoms. The second kappa shape index (κ2) is 5.11. The lowest BCUT2D eigenvalue weighted by atomic mass is 10.0. The minimum absolute atomic E-state index is 0.452. The van der Waals surface area contributed by atoms with Crippen LogP contribution < -0.4 is 5.73 Å². The van der Waals surface area contributed by atoms with Gasteiger partial charge in [-0.25, -0.2) is 0 Å². The summed E-state index contributed by atoms with van der Waals surface area (Å²) in [5.41, 5.74) is 6.84. The molecule has 1 saturated heterocycles. The molecule has 1 aromatic carbocycles. The lowest BCUT2D eigenvalue weighted by Crippen LogP contribution is -2.37. The number of aromatic nitrogens is 2. The lowest BCUT2D eigenvalue weighted by Gasteiger charge is -2.14. The first-order valence-corrected chi connectivity index (χ1v) is 6.50. The Balaban J connectivity index is 1.65. The first kappa shape index (κ1) is 12.3. The second-order valence-corrected chi connectivity index (χ2v) is 4.96. The van der Waals surface area contributed by atoms with Crippen molar-refractivity contribution >= 4 is 0 Å². The van der Waals surface area contributed by atoms with E-state index >= 15 is 0 Å². The number of nitrogens with two attached hydrogens (primary N) is 1. The maximum absolute atomic E-state index is 6.18. The van der Waals surface area contributed by atoms with E-state index in [9.17, 15) is 0 Å². The highest BCUT2D eigenvalue weighted by atomic mass is 16.5. The molecule has 1 unspecified atom stereocenters. The van der Waals surface area contributed by atoms with E-state index in [-0.39, 0.29) is 0 Å². The Labute approximate surface area is 111 Å². The van der Waals surface area contributed by atoms with Crippen LogP contribution in [-0.4, -0.2) is 23.4 Å². The molecule has 2 heterocycles. The van der Waals surface area contributed by atoms with Crippen LogP contribution in [0.3, 0.4) is 0 Å². The van der Waals surface area contributed by atoms with Gasteiger partial charge in [-0.15, -0.1) is 0 Å². The average Bonchev–Trinajstić information content (AvgIpc) is 3.07. The van der Waals surface area contributed by atoms with Gasteiger partial charge in [-0.3, -0.25) is 0 Å². The molecule has 1 aliphatic heterocycles. The monoisotopic (exact) mass is 259 g/mol. The van der Waals surface area contributed by atoms with E-state index in [2.05, 4.69) is 22.3 Å². The average molecular weight is 259 g/mol. The third kappa shape index (κ3) is 2.67. The molecule has 5 nitrogen and oxygen atoms in total. The van der Waals surface area contributed by atoms with Gasteiger partial charge in [-0.05, 0) is 18.4 Å². The molecule has 19 heavy (non-hydrogen) atoms. The van der Waals surface area contributed by atoms with Crippen LogP contribution >= 0.6 is 0 Å². The molecule has 2 aromatic rings. The van der Waals surface area contributed by atoms with Gasteiger partial charge in [0.1, 0.15) is 5.54 Å². The van der Waals surface area contributed by atoms with Crippen molar-refractivity contribution in [3.05, 3.63) is 47.6 Å². The molecule has 0 bridgehead atoms. The number of benzene rings is 1. The van der Waals surface area contributed by atoms with Crippen molar-refractivity contribution in [3.8, 4) is 0 Å². The smallest absolute Gasteiger partial charge is 0.249 e. The van der Waals surface area contributed by atoms with Crippen molar-refractivity contribution in [2.45, 2.75) is 24.8 Å². The molecule has 1 aliphatic rings. The van der Waals surface area contributed by atoms with E-state index in [1.54, 1.807) is 0 Å². The second-order valence-electron chi connectivity index (χ2n) is 4.96. The van der Waals surface area contributed by atoms with Gasteiger partial charge >= 0.3 is 0 Å². The highest BCUT2D eigenvalue weighted by molar-refractivity contribution is 5.15. The van der Waals surface area contributed by atoms with Gasteiger partial charge in [0.2, 0.25) is 5.89 Å². The molecule has 1 atom stereocenters. The molecule has 0 amide bonds. The Kier molecular flexibility index (Phi) is 3.31.